The van der Waals surface area contributed by atoms with Crippen molar-refractivity contribution in [3.63, 3.8) is 0 Å². The third-order valence-corrected chi connectivity index (χ3v) is 2.52. The molecule has 1 N–H and O–H groups in total. The van der Waals surface area contributed by atoms with Gasteiger partial charge in [-0.25, -0.2) is 0 Å². The SMILES string of the molecule is CC.Cc1ccc(N2CCCNCC2=O)cn1. The van der Waals surface area contributed by atoms with Crippen LogP contribution in [0.25, 0.3) is 0 Å². The lowest BCUT2D eigenvalue weighted by molar-refractivity contribution is -0.117. The van der Waals surface area contributed by atoms with Crippen molar-refractivity contribution in [3.8, 4) is 0 Å². The predicted octanol–water partition coefficient (Wildman–Crippen LogP) is 1.74. The van der Waals surface area contributed by atoms with Crippen molar-refractivity contribution >= 4 is 11.6 Å². The second-order valence-electron chi connectivity index (χ2n) is 3.73. The fraction of sp³-hybridized carbons (Fsp3) is 0.538. The zero-order valence-electron chi connectivity index (χ0n) is 10.9. The van der Waals surface area contributed by atoms with Crippen molar-refractivity contribution in [2.24, 2.45) is 0 Å². The largest absolute Gasteiger partial charge is 0.310 e. The fourth-order valence-electron chi connectivity index (χ4n) is 1.67. The molecule has 1 aliphatic rings. The number of pyridine rings is 1. The van der Waals surface area contributed by atoms with Gasteiger partial charge >= 0.3 is 0 Å². The Hall–Kier alpha value is -1.42. The minimum Gasteiger partial charge on any atom is -0.310 e. The van der Waals surface area contributed by atoms with Crippen molar-refractivity contribution in [1.82, 2.24) is 10.3 Å². The molecule has 2 rings (SSSR count). The molecule has 94 valence electrons. The van der Waals surface area contributed by atoms with Gasteiger partial charge in [0.2, 0.25) is 5.91 Å². The summed E-state index contributed by atoms with van der Waals surface area (Å²) in [5.74, 6) is 0.123. The molecule has 1 saturated heterocycles. The molecule has 4 heteroatoms. The van der Waals surface area contributed by atoms with Crippen LogP contribution in [-0.4, -0.2) is 30.5 Å². The Labute approximate surface area is 103 Å². The molecule has 0 bridgehead atoms. The molecular weight excluding hydrogens is 214 g/mol. The molecule has 0 aromatic carbocycles. The van der Waals surface area contributed by atoms with Crippen LogP contribution in [0.1, 0.15) is 26.0 Å². The van der Waals surface area contributed by atoms with Gasteiger partial charge in [0, 0.05) is 12.2 Å². The first-order chi connectivity index (χ1) is 8.27. The molecular formula is C13H21N3O. The number of nitrogens with one attached hydrogen (secondary N) is 1. The highest BCUT2D eigenvalue weighted by Crippen LogP contribution is 2.14. The van der Waals surface area contributed by atoms with E-state index in [1.54, 1.807) is 11.1 Å². The maximum Gasteiger partial charge on any atom is 0.240 e. The van der Waals surface area contributed by atoms with Crippen molar-refractivity contribution in [3.05, 3.63) is 24.0 Å². The first kappa shape index (κ1) is 13.6. The summed E-state index contributed by atoms with van der Waals surface area (Å²) in [5, 5.41) is 3.10. The molecule has 1 fully saturated rings. The van der Waals surface area contributed by atoms with Crippen molar-refractivity contribution in [1.29, 1.82) is 0 Å². The molecule has 1 aromatic rings. The average Bonchev–Trinajstić information content (AvgIpc) is 2.58. The topological polar surface area (TPSA) is 45.2 Å². The highest BCUT2D eigenvalue weighted by atomic mass is 16.2. The molecule has 0 spiro atoms. The maximum absolute atomic E-state index is 11.7. The Balaban J connectivity index is 0.000000686. The van der Waals surface area contributed by atoms with E-state index in [0.29, 0.717) is 6.54 Å². The first-order valence-electron chi connectivity index (χ1n) is 6.21. The van der Waals surface area contributed by atoms with Gasteiger partial charge in [-0.15, -0.1) is 0 Å². The van der Waals surface area contributed by atoms with Crippen LogP contribution in [-0.2, 0) is 4.79 Å². The van der Waals surface area contributed by atoms with E-state index < -0.39 is 0 Å². The van der Waals surface area contributed by atoms with E-state index >= 15 is 0 Å². The Morgan fingerprint density at radius 3 is 2.76 bits per heavy atom. The van der Waals surface area contributed by atoms with Crippen LogP contribution in [0.5, 0.6) is 0 Å². The smallest absolute Gasteiger partial charge is 0.240 e. The molecule has 4 nitrogen and oxygen atoms in total. The lowest BCUT2D eigenvalue weighted by Crippen LogP contribution is -2.34. The number of carbonyl (C=O) groups is 1. The molecule has 0 aliphatic carbocycles. The normalized spacial score (nSPS) is 15.9. The number of carbonyl (C=O) groups excluding carboxylic acids is 1. The molecule has 2 heterocycles. The average molecular weight is 235 g/mol. The van der Waals surface area contributed by atoms with Gasteiger partial charge in [0.05, 0.1) is 18.4 Å². The number of hydrogen-bond acceptors (Lipinski definition) is 3. The second-order valence-corrected chi connectivity index (χ2v) is 3.73. The van der Waals surface area contributed by atoms with E-state index in [1.165, 1.54) is 0 Å². The monoisotopic (exact) mass is 235 g/mol. The van der Waals surface area contributed by atoms with Gasteiger partial charge in [-0.1, -0.05) is 13.8 Å². The van der Waals surface area contributed by atoms with Gasteiger partial charge in [-0.05, 0) is 32.0 Å². The molecule has 0 radical (unpaired) electrons. The number of anilines is 1. The molecule has 1 amide bonds. The van der Waals surface area contributed by atoms with E-state index in [1.807, 2.05) is 32.9 Å². The van der Waals surface area contributed by atoms with E-state index in [9.17, 15) is 4.79 Å². The Morgan fingerprint density at radius 2 is 2.12 bits per heavy atom. The summed E-state index contributed by atoms with van der Waals surface area (Å²) in [6, 6.07) is 3.88. The first-order valence-corrected chi connectivity index (χ1v) is 6.21. The summed E-state index contributed by atoms with van der Waals surface area (Å²) in [6.07, 6.45) is 2.75. The van der Waals surface area contributed by atoms with Crippen LogP contribution in [0.2, 0.25) is 0 Å². The number of aryl methyl sites for hydroxylation is 1. The molecule has 0 unspecified atom stereocenters. The van der Waals surface area contributed by atoms with Crippen molar-refractivity contribution < 1.29 is 4.79 Å². The van der Waals surface area contributed by atoms with Gasteiger partial charge in [0.1, 0.15) is 0 Å². The lowest BCUT2D eigenvalue weighted by Gasteiger charge is -2.19. The summed E-state index contributed by atoms with van der Waals surface area (Å²) in [6.45, 7) is 8.04. The van der Waals surface area contributed by atoms with Crippen LogP contribution < -0.4 is 10.2 Å². The number of aromatic nitrogens is 1. The number of rotatable bonds is 1. The van der Waals surface area contributed by atoms with E-state index in [4.69, 9.17) is 0 Å². The van der Waals surface area contributed by atoms with E-state index in [0.717, 1.165) is 30.9 Å². The summed E-state index contributed by atoms with van der Waals surface area (Å²) < 4.78 is 0. The molecule has 0 atom stereocenters. The third kappa shape index (κ3) is 3.82. The predicted molar refractivity (Wildman–Crippen MR) is 70.2 cm³/mol. The summed E-state index contributed by atoms with van der Waals surface area (Å²) in [4.78, 5) is 17.7. The molecule has 0 saturated carbocycles. The summed E-state index contributed by atoms with van der Waals surface area (Å²) in [7, 11) is 0. The number of nitrogens with zero attached hydrogens (tertiary/aromatic N) is 2. The molecule has 17 heavy (non-hydrogen) atoms. The minimum atomic E-state index is 0.123. The quantitative estimate of drug-likeness (QED) is 0.806. The van der Waals surface area contributed by atoms with Gasteiger partial charge in [-0.2, -0.15) is 0 Å². The van der Waals surface area contributed by atoms with Gasteiger partial charge in [0.15, 0.2) is 0 Å². The zero-order valence-corrected chi connectivity index (χ0v) is 10.9. The van der Waals surface area contributed by atoms with Crippen LogP contribution in [0.4, 0.5) is 5.69 Å². The maximum atomic E-state index is 11.7. The minimum absolute atomic E-state index is 0.123. The number of hydrogen-bond donors (Lipinski definition) is 1. The van der Waals surface area contributed by atoms with Crippen LogP contribution in [0.3, 0.4) is 0 Å². The Morgan fingerprint density at radius 1 is 1.35 bits per heavy atom. The third-order valence-electron chi connectivity index (χ3n) is 2.52. The lowest BCUT2D eigenvalue weighted by atomic mass is 10.3. The van der Waals surface area contributed by atoms with Gasteiger partial charge in [-0.3, -0.25) is 9.78 Å². The van der Waals surface area contributed by atoms with E-state index in [2.05, 4.69) is 10.3 Å². The highest BCUT2D eigenvalue weighted by Gasteiger charge is 2.17. The Kier molecular flexibility index (Phi) is 5.63. The zero-order chi connectivity index (χ0) is 12.7. The van der Waals surface area contributed by atoms with Crippen LogP contribution in [0, 0.1) is 6.92 Å². The highest BCUT2D eigenvalue weighted by molar-refractivity contribution is 5.94. The standard InChI is InChI=1S/C11H15N3O.C2H6/c1-9-3-4-10(7-13-9)14-6-2-5-12-8-11(14)15;1-2/h3-4,7,12H,2,5-6,8H2,1H3;1-2H3. The molecule has 1 aliphatic heterocycles. The van der Waals surface area contributed by atoms with Crippen LogP contribution >= 0.6 is 0 Å². The van der Waals surface area contributed by atoms with Crippen molar-refractivity contribution in [2.75, 3.05) is 24.5 Å². The second kappa shape index (κ2) is 7.01. The van der Waals surface area contributed by atoms with Crippen LogP contribution in [0.15, 0.2) is 18.3 Å². The van der Waals surface area contributed by atoms with Gasteiger partial charge < -0.3 is 10.2 Å². The fourth-order valence-corrected chi connectivity index (χ4v) is 1.67. The summed E-state index contributed by atoms with van der Waals surface area (Å²) >= 11 is 0. The van der Waals surface area contributed by atoms with Crippen molar-refractivity contribution in [2.45, 2.75) is 27.2 Å². The summed E-state index contributed by atoms with van der Waals surface area (Å²) in [5.41, 5.74) is 1.87. The number of amides is 1. The molecule has 1 aromatic heterocycles. The Bertz CT molecular complexity index is 348. The van der Waals surface area contributed by atoms with E-state index in [-0.39, 0.29) is 5.91 Å². The van der Waals surface area contributed by atoms with Gasteiger partial charge in [0.25, 0.3) is 0 Å².